The van der Waals surface area contributed by atoms with Crippen LogP contribution in [0.1, 0.15) is 19.0 Å². The van der Waals surface area contributed by atoms with Crippen LogP contribution in [0.15, 0.2) is 18.2 Å². The molecule has 94 valence electrons. The number of hydrogen-bond donors (Lipinski definition) is 2. The highest BCUT2D eigenvalue weighted by Gasteiger charge is 2.15. The predicted molar refractivity (Wildman–Crippen MR) is 71.5 cm³/mol. The van der Waals surface area contributed by atoms with Crippen LogP contribution in [0.25, 0.3) is 11.3 Å². The fraction of sp³-hybridized carbons (Fsp3) is 0.308. The number of fused-ring (bicyclic) bond motifs is 1. The third-order valence-electron chi connectivity index (χ3n) is 2.97. The molecule has 1 aliphatic rings. The maximum atomic E-state index is 5.39. The molecule has 2 heterocycles. The highest BCUT2D eigenvalue weighted by atomic mass is 32.1. The van der Waals surface area contributed by atoms with E-state index in [1.54, 1.807) is 0 Å². The Morgan fingerprint density at radius 2 is 2.06 bits per heavy atom. The smallest absolute Gasteiger partial charge is 0.231 e. The van der Waals surface area contributed by atoms with Crippen molar-refractivity contribution in [3.8, 4) is 22.8 Å². The third-order valence-corrected chi connectivity index (χ3v) is 3.17. The Bertz CT molecular complexity index is 630. The van der Waals surface area contributed by atoms with Crippen molar-refractivity contribution >= 4 is 12.2 Å². The average molecular weight is 262 g/mol. The fourth-order valence-electron chi connectivity index (χ4n) is 2.16. The summed E-state index contributed by atoms with van der Waals surface area (Å²) >= 11 is 5.17. The summed E-state index contributed by atoms with van der Waals surface area (Å²) in [5.74, 6) is 1.58. The highest BCUT2D eigenvalue weighted by Crippen LogP contribution is 2.36. The lowest BCUT2D eigenvalue weighted by Gasteiger charge is -2.03. The van der Waals surface area contributed by atoms with Gasteiger partial charge in [-0.3, -0.25) is 0 Å². The van der Waals surface area contributed by atoms with Crippen molar-refractivity contribution in [3.63, 3.8) is 0 Å². The number of aryl methyl sites for hydroxylation is 1. The molecule has 18 heavy (non-hydrogen) atoms. The second-order valence-corrected chi connectivity index (χ2v) is 4.66. The number of ether oxygens (including phenoxy) is 2. The van der Waals surface area contributed by atoms with Crippen molar-refractivity contribution in [1.29, 1.82) is 0 Å². The third kappa shape index (κ3) is 1.90. The maximum absolute atomic E-state index is 5.39. The first-order valence-corrected chi connectivity index (χ1v) is 6.40. The Morgan fingerprint density at radius 1 is 1.22 bits per heavy atom. The van der Waals surface area contributed by atoms with Crippen LogP contribution < -0.4 is 9.47 Å². The molecule has 0 radical (unpaired) electrons. The lowest BCUT2D eigenvalue weighted by Crippen LogP contribution is -1.92. The minimum atomic E-state index is 0.295. The quantitative estimate of drug-likeness (QED) is 0.833. The van der Waals surface area contributed by atoms with Crippen LogP contribution in [0, 0.1) is 4.77 Å². The number of nitrogens with one attached hydrogen (secondary N) is 2. The van der Waals surface area contributed by atoms with Gasteiger partial charge in [0.15, 0.2) is 16.3 Å². The lowest BCUT2D eigenvalue weighted by molar-refractivity contribution is 0.174. The molecule has 1 aromatic carbocycles. The summed E-state index contributed by atoms with van der Waals surface area (Å²) in [6.07, 6.45) is 2.04. The van der Waals surface area contributed by atoms with Crippen molar-refractivity contribution in [2.24, 2.45) is 0 Å². The largest absolute Gasteiger partial charge is 0.454 e. The number of aromatic amines is 2. The van der Waals surface area contributed by atoms with Crippen molar-refractivity contribution < 1.29 is 9.47 Å². The van der Waals surface area contributed by atoms with Gasteiger partial charge in [-0.15, -0.1) is 0 Å². The minimum absolute atomic E-state index is 0.295. The van der Waals surface area contributed by atoms with Gasteiger partial charge in [0.25, 0.3) is 0 Å². The van der Waals surface area contributed by atoms with E-state index in [-0.39, 0.29) is 0 Å². The normalized spacial score (nSPS) is 12.9. The van der Waals surface area contributed by atoms with Crippen LogP contribution in [0.5, 0.6) is 11.5 Å². The second-order valence-electron chi connectivity index (χ2n) is 4.25. The van der Waals surface area contributed by atoms with E-state index in [1.165, 1.54) is 0 Å². The van der Waals surface area contributed by atoms with E-state index >= 15 is 0 Å². The molecule has 1 aromatic heterocycles. The van der Waals surface area contributed by atoms with E-state index in [9.17, 15) is 0 Å². The molecule has 3 rings (SSSR count). The monoisotopic (exact) mass is 262 g/mol. The Labute approximate surface area is 110 Å². The standard InChI is InChI=1S/C13H14N2O2S/c1-2-3-9-12(15-13(18)14-9)8-4-5-10-11(6-8)17-7-16-10/h4-6H,2-3,7H2,1H3,(H2,14,15,18). The zero-order valence-electron chi connectivity index (χ0n) is 10.1. The molecule has 0 spiro atoms. The molecule has 0 atom stereocenters. The molecule has 5 heteroatoms. The maximum Gasteiger partial charge on any atom is 0.231 e. The Hall–Kier alpha value is -1.75. The minimum Gasteiger partial charge on any atom is -0.454 e. The van der Waals surface area contributed by atoms with Crippen LogP contribution in [0.4, 0.5) is 0 Å². The zero-order valence-corrected chi connectivity index (χ0v) is 10.9. The molecule has 2 aromatic rings. The van der Waals surface area contributed by atoms with E-state index in [0.717, 1.165) is 41.3 Å². The molecule has 4 nitrogen and oxygen atoms in total. The summed E-state index contributed by atoms with van der Waals surface area (Å²) in [4.78, 5) is 6.40. The number of H-pyrrole nitrogens is 2. The summed E-state index contributed by atoms with van der Waals surface area (Å²) < 4.78 is 11.4. The first-order valence-electron chi connectivity index (χ1n) is 5.99. The lowest BCUT2D eigenvalue weighted by atomic mass is 10.1. The topological polar surface area (TPSA) is 50.0 Å². The van der Waals surface area contributed by atoms with Gasteiger partial charge < -0.3 is 19.4 Å². The van der Waals surface area contributed by atoms with E-state index in [2.05, 4.69) is 16.9 Å². The second kappa shape index (κ2) is 4.49. The van der Waals surface area contributed by atoms with Crippen molar-refractivity contribution in [2.75, 3.05) is 6.79 Å². The van der Waals surface area contributed by atoms with Gasteiger partial charge in [-0.1, -0.05) is 13.3 Å². The summed E-state index contributed by atoms with van der Waals surface area (Å²) in [6, 6.07) is 5.92. The first kappa shape index (κ1) is 11.3. The molecule has 0 aliphatic carbocycles. The zero-order chi connectivity index (χ0) is 12.5. The molecule has 0 bridgehead atoms. The van der Waals surface area contributed by atoms with Gasteiger partial charge in [0, 0.05) is 11.3 Å². The van der Waals surface area contributed by atoms with Gasteiger partial charge in [-0.25, -0.2) is 0 Å². The summed E-state index contributed by atoms with van der Waals surface area (Å²) in [7, 11) is 0. The van der Waals surface area contributed by atoms with Gasteiger partial charge >= 0.3 is 0 Å². The predicted octanol–water partition coefficient (Wildman–Crippen LogP) is 3.42. The van der Waals surface area contributed by atoms with Crippen LogP contribution in [-0.4, -0.2) is 16.8 Å². The average Bonchev–Trinajstić information content (AvgIpc) is 2.95. The summed E-state index contributed by atoms with van der Waals surface area (Å²) in [6.45, 7) is 2.44. The summed E-state index contributed by atoms with van der Waals surface area (Å²) in [5.41, 5.74) is 3.25. The number of imidazole rings is 1. The number of benzene rings is 1. The number of rotatable bonds is 3. The number of aromatic nitrogens is 2. The van der Waals surface area contributed by atoms with E-state index in [4.69, 9.17) is 21.7 Å². The molecule has 2 N–H and O–H groups in total. The molecule has 0 amide bonds. The molecule has 1 aliphatic heterocycles. The Balaban J connectivity index is 2.06. The van der Waals surface area contributed by atoms with Crippen LogP contribution in [-0.2, 0) is 6.42 Å². The van der Waals surface area contributed by atoms with Crippen LogP contribution in [0.3, 0.4) is 0 Å². The molecule has 0 fully saturated rings. The SMILES string of the molecule is CCCc1[nH]c(=S)[nH]c1-c1ccc2c(c1)OCO2. The molecule has 0 saturated carbocycles. The van der Waals surface area contributed by atoms with Crippen molar-refractivity contribution in [3.05, 3.63) is 28.7 Å². The fourth-order valence-corrected chi connectivity index (χ4v) is 2.38. The molecular formula is C13H14N2O2S. The van der Waals surface area contributed by atoms with Gasteiger partial charge in [0.05, 0.1) is 5.69 Å². The molecule has 0 unspecified atom stereocenters. The van der Waals surface area contributed by atoms with E-state index in [1.807, 2.05) is 18.2 Å². The van der Waals surface area contributed by atoms with Crippen molar-refractivity contribution in [1.82, 2.24) is 9.97 Å². The highest BCUT2D eigenvalue weighted by molar-refractivity contribution is 7.71. The Kier molecular flexibility index (Phi) is 2.83. The van der Waals surface area contributed by atoms with E-state index < -0.39 is 0 Å². The first-order chi connectivity index (χ1) is 8.78. The molecular weight excluding hydrogens is 248 g/mol. The van der Waals surface area contributed by atoms with Gasteiger partial charge in [0.1, 0.15) is 0 Å². The van der Waals surface area contributed by atoms with Crippen LogP contribution >= 0.6 is 12.2 Å². The van der Waals surface area contributed by atoms with Gasteiger partial charge in [-0.2, -0.15) is 0 Å². The number of hydrogen-bond acceptors (Lipinski definition) is 3. The molecule has 0 saturated heterocycles. The van der Waals surface area contributed by atoms with Crippen LogP contribution in [0.2, 0.25) is 0 Å². The van der Waals surface area contributed by atoms with E-state index in [0.29, 0.717) is 11.6 Å². The summed E-state index contributed by atoms with van der Waals surface area (Å²) in [5, 5.41) is 0. The Morgan fingerprint density at radius 3 is 2.89 bits per heavy atom. The van der Waals surface area contributed by atoms with Crippen molar-refractivity contribution in [2.45, 2.75) is 19.8 Å². The van der Waals surface area contributed by atoms with Gasteiger partial charge in [0.2, 0.25) is 6.79 Å². The van der Waals surface area contributed by atoms with Gasteiger partial charge in [-0.05, 0) is 36.8 Å².